The van der Waals surface area contributed by atoms with Gasteiger partial charge in [-0.2, -0.15) is 0 Å². The third kappa shape index (κ3) is 17.1. The average molecular weight is 522 g/mol. The van der Waals surface area contributed by atoms with E-state index in [0.717, 1.165) is 19.3 Å². The summed E-state index contributed by atoms with van der Waals surface area (Å²) in [6, 6.07) is 0. The number of hydrogen-bond donors (Lipinski definition) is 1. The van der Waals surface area contributed by atoms with E-state index in [2.05, 4.69) is 96.6 Å². The summed E-state index contributed by atoms with van der Waals surface area (Å²) in [5.41, 5.74) is 6.00. The van der Waals surface area contributed by atoms with Crippen molar-refractivity contribution in [3.05, 3.63) is 77.3 Å². The summed E-state index contributed by atoms with van der Waals surface area (Å²) < 4.78 is 0. The molecule has 0 amide bonds. The third-order valence-electron chi connectivity index (χ3n) is 7.86. The van der Waals surface area contributed by atoms with Crippen molar-refractivity contribution in [3.8, 4) is 0 Å². The second-order valence-corrected chi connectivity index (χ2v) is 12.2. The van der Waals surface area contributed by atoms with E-state index >= 15 is 0 Å². The molecule has 1 rings (SSSR count). The quantitative estimate of drug-likeness (QED) is 0.0959. The van der Waals surface area contributed by atoms with Crippen LogP contribution in [-0.4, -0.2) is 11.2 Å². The highest BCUT2D eigenvalue weighted by Crippen LogP contribution is 2.40. The van der Waals surface area contributed by atoms with Crippen LogP contribution < -0.4 is 0 Å². The van der Waals surface area contributed by atoms with Crippen LogP contribution >= 0.6 is 0 Å². The molecule has 0 saturated carbocycles. The third-order valence-corrected chi connectivity index (χ3v) is 7.86. The maximum atomic E-state index is 10.0. The Morgan fingerprint density at radius 3 is 2.29 bits per heavy atom. The molecule has 0 fully saturated rings. The monoisotopic (exact) mass is 521 g/mol. The molecule has 1 aliphatic rings. The van der Waals surface area contributed by atoms with E-state index in [0.29, 0.717) is 5.41 Å². The molecule has 1 nitrogen and oxygen atoms in total. The molecule has 1 heteroatoms. The molecule has 1 unspecified atom stereocenters. The summed E-state index contributed by atoms with van der Waals surface area (Å²) in [5, 5.41) is 10.0. The Morgan fingerprint density at radius 1 is 0.868 bits per heavy atom. The fourth-order valence-electron chi connectivity index (χ4n) is 5.31. The minimum atomic E-state index is -0.142. The Bertz CT molecular complexity index is 799. The van der Waals surface area contributed by atoms with E-state index in [-0.39, 0.29) is 6.10 Å². The van der Waals surface area contributed by atoms with Crippen LogP contribution in [0.25, 0.3) is 0 Å². The van der Waals surface area contributed by atoms with Crippen molar-refractivity contribution >= 4 is 0 Å². The number of aliphatic hydroxyl groups excluding tert-OH is 1. The molecule has 0 aromatic carbocycles. The molecule has 0 bridgehead atoms. The molecule has 1 aliphatic carbocycles. The highest BCUT2D eigenvalue weighted by atomic mass is 16.3. The fourth-order valence-corrected chi connectivity index (χ4v) is 5.31. The summed E-state index contributed by atoms with van der Waals surface area (Å²) in [6.45, 7) is 13.7. The molecular formula is C37H61O. The molecule has 215 valence electrons. The molecular weight excluding hydrogens is 460 g/mol. The Hall–Kier alpha value is -1.60. The molecule has 0 aromatic rings. The lowest BCUT2D eigenvalue weighted by atomic mass is 9.72. The number of aliphatic hydroxyl groups is 1. The van der Waals surface area contributed by atoms with Gasteiger partial charge in [0.05, 0.1) is 6.10 Å². The summed E-state index contributed by atoms with van der Waals surface area (Å²) in [7, 11) is 0. The van der Waals surface area contributed by atoms with Gasteiger partial charge in [-0.25, -0.2) is 0 Å². The van der Waals surface area contributed by atoms with Gasteiger partial charge >= 0.3 is 0 Å². The van der Waals surface area contributed by atoms with Gasteiger partial charge in [0.25, 0.3) is 0 Å². The van der Waals surface area contributed by atoms with Gasteiger partial charge in [-0.3, -0.25) is 0 Å². The molecule has 0 aromatic heterocycles. The van der Waals surface area contributed by atoms with Crippen molar-refractivity contribution in [1.29, 1.82) is 0 Å². The molecule has 0 heterocycles. The molecule has 1 N–H and O–H groups in total. The predicted octanol–water partition coefficient (Wildman–Crippen LogP) is 11.7. The minimum Gasteiger partial charge on any atom is -0.393 e. The van der Waals surface area contributed by atoms with Crippen molar-refractivity contribution < 1.29 is 5.11 Å². The zero-order valence-corrected chi connectivity index (χ0v) is 26.0. The first-order valence-electron chi connectivity index (χ1n) is 15.8. The van der Waals surface area contributed by atoms with Crippen molar-refractivity contribution in [2.45, 2.75) is 150 Å². The van der Waals surface area contributed by atoms with E-state index in [1.165, 1.54) is 100 Å². The summed E-state index contributed by atoms with van der Waals surface area (Å²) in [6.07, 6.45) is 39.6. The Kier molecular flexibility index (Phi) is 19.3. The fraction of sp³-hybridized carbons (Fsp3) is 0.649. The number of rotatable bonds is 20. The summed E-state index contributed by atoms with van der Waals surface area (Å²) >= 11 is 0. The van der Waals surface area contributed by atoms with Crippen LogP contribution in [0.3, 0.4) is 0 Å². The van der Waals surface area contributed by atoms with Gasteiger partial charge < -0.3 is 5.11 Å². The maximum absolute atomic E-state index is 10.0. The smallest absolute Gasteiger partial charge is 0.0574 e. The number of allylic oxidation sites excluding steroid dienone is 11. The van der Waals surface area contributed by atoms with Crippen LogP contribution in [0.4, 0.5) is 0 Å². The lowest BCUT2D eigenvalue weighted by Crippen LogP contribution is -2.19. The van der Waals surface area contributed by atoms with Crippen molar-refractivity contribution in [2.24, 2.45) is 5.41 Å². The van der Waals surface area contributed by atoms with E-state index in [1.807, 2.05) is 0 Å². The van der Waals surface area contributed by atoms with Gasteiger partial charge in [0, 0.05) is 0 Å². The number of unbranched alkanes of at least 4 members (excludes halogenated alkanes) is 10. The van der Waals surface area contributed by atoms with Crippen LogP contribution in [0.15, 0.2) is 70.9 Å². The highest BCUT2D eigenvalue weighted by molar-refractivity contribution is 5.37. The molecule has 0 saturated heterocycles. The van der Waals surface area contributed by atoms with Crippen LogP contribution in [0.2, 0.25) is 0 Å². The van der Waals surface area contributed by atoms with Gasteiger partial charge in [-0.15, -0.1) is 0 Å². The molecule has 0 aliphatic heterocycles. The Labute approximate surface area is 238 Å². The van der Waals surface area contributed by atoms with Gasteiger partial charge in [0.15, 0.2) is 0 Å². The zero-order valence-electron chi connectivity index (χ0n) is 26.0. The van der Waals surface area contributed by atoms with Crippen LogP contribution in [0.1, 0.15) is 144 Å². The van der Waals surface area contributed by atoms with E-state index in [4.69, 9.17) is 0 Å². The van der Waals surface area contributed by atoms with E-state index < -0.39 is 0 Å². The van der Waals surface area contributed by atoms with Crippen molar-refractivity contribution in [2.75, 3.05) is 0 Å². The highest BCUT2D eigenvalue weighted by Gasteiger charge is 2.26. The zero-order chi connectivity index (χ0) is 28.1. The molecule has 1 radical (unpaired) electrons. The van der Waals surface area contributed by atoms with Crippen LogP contribution in [0, 0.1) is 11.8 Å². The van der Waals surface area contributed by atoms with Crippen molar-refractivity contribution in [3.63, 3.8) is 0 Å². The van der Waals surface area contributed by atoms with Gasteiger partial charge in [-0.05, 0) is 89.5 Å². The standard InChI is InChI=1S/C37H61O/c1-7-8-9-19-27-35(38)28-20-17-15-13-11-10-12-14-16-18-23-32(2)24-21-25-33(3)29-30-36-34(4)26-22-31-37(36,5)6/h17-18,20-21,23-25,29-30,35,38H,7-16,19,22,26-28,31H2,1-6H3. The lowest BCUT2D eigenvalue weighted by molar-refractivity contribution is 0.163. The SMILES string of the molecule is CCCCCCC(O)CC=CCCCCCCC[CH]C=C(C)C=CC=C(C)C=CC1=C(C)CCCC1(C)C. The molecule has 1 atom stereocenters. The maximum Gasteiger partial charge on any atom is 0.0574 e. The lowest BCUT2D eigenvalue weighted by Gasteiger charge is -2.32. The average Bonchev–Trinajstić information content (AvgIpc) is 2.86. The van der Waals surface area contributed by atoms with Crippen molar-refractivity contribution in [1.82, 2.24) is 0 Å². The normalized spacial score (nSPS) is 18.0. The van der Waals surface area contributed by atoms with Crippen LogP contribution in [-0.2, 0) is 0 Å². The van der Waals surface area contributed by atoms with Gasteiger partial charge in [0.1, 0.15) is 0 Å². The minimum absolute atomic E-state index is 0.142. The predicted molar refractivity (Wildman–Crippen MR) is 171 cm³/mol. The first kappa shape index (κ1) is 34.4. The number of hydrogen-bond acceptors (Lipinski definition) is 1. The van der Waals surface area contributed by atoms with Crippen LogP contribution in [0.5, 0.6) is 0 Å². The second-order valence-electron chi connectivity index (χ2n) is 12.2. The molecule has 38 heavy (non-hydrogen) atoms. The largest absolute Gasteiger partial charge is 0.393 e. The summed E-state index contributed by atoms with van der Waals surface area (Å²) in [5.74, 6) is 0. The topological polar surface area (TPSA) is 20.2 Å². The van der Waals surface area contributed by atoms with Gasteiger partial charge in [0.2, 0.25) is 0 Å². The second kappa shape index (κ2) is 21.2. The van der Waals surface area contributed by atoms with E-state index in [1.54, 1.807) is 5.57 Å². The Morgan fingerprint density at radius 2 is 1.55 bits per heavy atom. The van der Waals surface area contributed by atoms with Gasteiger partial charge in [-0.1, -0.05) is 137 Å². The molecule has 0 spiro atoms. The Balaban J connectivity index is 2.11. The first-order chi connectivity index (χ1) is 18.3. The van der Waals surface area contributed by atoms with E-state index in [9.17, 15) is 5.11 Å². The summed E-state index contributed by atoms with van der Waals surface area (Å²) in [4.78, 5) is 0. The first-order valence-corrected chi connectivity index (χ1v) is 15.8.